The molecule has 1 N–H and O–H groups in total. The van der Waals surface area contributed by atoms with Crippen LogP contribution in [0.5, 0.6) is 0 Å². The lowest BCUT2D eigenvalue weighted by Crippen LogP contribution is -2.09. The molecule has 0 unspecified atom stereocenters. The maximum atomic E-state index is 13.0. The minimum Gasteiger partial charge on any atom is -0.320 e. The summed E-state index contributed by atoms with van der Waals surface area (Å²) in [6, 6.07) is 2.96. The molecule has 0 aliphatic carbocycles. The van der Waals surface area contributed by atoms with Crippen molar-refractivity contribution in [3.63, 3.8) is 0 Å². The maximum absolute atomic E-state index is 13.0. The van der Waals surface area contributed by atoms with Crippen LogP contribution in [-0.2, 0) is 4.79 Å². The van der Waals surface area contributed by atoms with Gasteiger partial charge in [0.2, 0.25) is 5.91 Å². The number of anilines is 1. The van der Waals surface area contributed by atoms with Gasteiger partial charge >= 0.3 is 0 Å². The first-order valence-corrected chi connectivity index (χ1v) is 5.02. The highest BCUT2D eigenvalue weighted by Gasteiger charge is 2.04. The molecular formula is C12H15F2NO. The van der Waals surface area contributed by atoms with Gasteiger partial charge in [0.1, 0.15) is 11.6 Å². The second kappa shape index (κ2) is 7.56. The molecule has 0 spiro atoms. The van der Waals surface area contributed by atoms with Crippen LogP contribution in [0.3, 0.4) is 0 Å². The van der Waals surface area contributed by atoms with E-state index in [-0.39, 0.29) is 5.69 Å². The first kappa shape index (κ1) is 14.3. The molecule has 0 aliphatic heterocycles. The van der Waals surface area contributed by atoms with Crippen LogP contribution in [0.15, 0.2) is 30.4 Å². The molecule has 1 amide bonds. The van der Waals surface area contributed by atoms with Gasteiger partial charge in [0.25, 0.3) is 0 Å². The SMILES string of the molecule is C/C=C/C(=O)Nc1ccc(F)cc1F.CC. The van der Waals surface area contributed by atoms with Crippen LogP contribution < -0.4 is 5.32 Å². The number of benzene rings is 1. The number of nitrogens with one attached hydrogen (secondary N) is 1. The van der Waals surface area contributed by atoms with Crippen molar-refractivity contribution in [3.8, 4) is 0 Å². The smallest absolute Gasteiger partial charge is 0.248 e. The predicted octanol–water partition coefficient (Wildman–Crippen LogP) is 3.51. The van der Waals surface area contributed by atoms with Crippen molar-refractivity contribution in [2.75, 3.05) is 5.32 Å². The first-order chi connectivity index (χ1) is 7.63. The summed E-state index contributed by atoms with van der Waals surface area (Å²) in [4.78, 5) is 11.0. The summed E-state index contributed by atoms with van der Waals surface area (Å²) in [7, 11) is 0. The van der Waals surface area contributed by atoms with Crippen LogP contribution in [0.4, 0.5) is 14.5 Å². The topological polar surface area (TPSA) is 29.1 Å². The van der Waals surface area contributed by atoms with Gasteiger partial charge in [0.05, 0.1) is 5.69 Å². The van der Waals surface area contributed by atoms with E-state index in [0.717, 1.165) is 6.07 Å². The fraction of sp³-hybridized carbons (Fsp3) is 0.250. The molecule has 0 fully saturated rings. The number of carbonyl (C=O) groups is 1. The molecule has 16 heavy (non-hydrogen) atoms. The van der Waals surface area contributed by atoms with E-state index in [4.69, 9.17) is 0 Å². The quantitative estimate of drug-likeness (QED) is 0.770. The number of halogens is 2. The highest BCUT2D eigenvalue weighted by molar-refractivity contribution is 5.99. The molecule has 1 rings (SSSR count). The zero-order chi connectivity index (χ0) is 12.6. The van der Waals surface area contributed by atoms with E-state index >= 15 is 0 Å². The van der Waals surface area contributed by atoms with E-state index in [2.05, 4.69) is 5.32 Å². The van der Waals surface area contributed by atoms with Crippen LogP contribution >= 0.6 is 0 Å². The second-order valence-corrected chi connectivity index (χ2v) is 2.61. The summed E-state index contributed by atoms with van der Waals surface area (Å²) in [5, 5.41) is 2.27. The monoisotopic (exact) mass is 227 g/mol. The lowest BCUT2D eigenvalue weighted by atomic mass is 10.3. The number of hydrogen-bond donors (Lipinski definition) is 1. The standard InChI is InChI=1S/C10H9F2NO.C2H6/c1-2-3-10(14)13-9-5-4-7(11)6-8(9)12;1-2/h2-6H,1H3,(H,13,14);1-2H3/b3-2+;. The number of amides is 1. The molecule has 0 aromatic heterocycles. The van der Waals surface area contributed by atoms with E-state index in [1.165, 1.54) is 18.2 Å². The molecule has 1 aromatic rings. The van der Waals surface area contributed by atoms with Gasteiger partial charge in [-0.25, -0.2) is 8.78 Å². The molecule has 88 valence electrons. The largest absolute Gasteiger partial charge is 0.320 e. The van der Waals surface area contributed by atoms with E-state index in [9.17, 15) is 13.6 Å². The fourth-order valence-electron chi connectivity index (χ4n) is 0.917. The van der Waals surface area contributed by atoms with Gasteiger partial charge in [0.15, 0.2) is 0 Å². The maximum Gasteiger partial charge on any atom is 0.248 e. The molecule has 1 aromatic carbocycles. The summed E-state index contributed by atoms with van der Waals surface area (Å²) in [5.74, 6) is -1.91. The second-order valence-electron chi connectivity index (χ2n) is 2.61. The summed E-state index contributed by atoms with van der Waals surface area (Å²) >= 11 is 0. The van der Waals surface area contributed by atoms with Crippen molar-refractivity contribution < 1.29 is 13.6 Å². The normalized spacial score (nSPS) is 9.56. The summed E-state index contributed by atoms with van der Waals surface area (Å²) in [6.07, 6.45) is 2.78. The first-order valence-electron chi connectivity index (χ1n) is 5.02. The molecule has 0 bridgehead atoms. The van der Waals surface area contributed by atoms with Crippen LogP contribution in [0, 0.1) is 11.6 Å². The van der Waals surface area contributed by atoms with Crippen LogP contribution in [0.25, 0.3) is 0 Å². The van der Waals surface area contributed by atoms with Gasteiger partial charge < -0.3 is 5.32 Å². The van der Waals surface area contributed by atoms with Gasteiger partial charge in [-0.15, -0.1) is 0 Å². The third-order valence-electron chi connectivity index (χ3n) is 1.51. The van der Waals surface area contributed by atoms with Crippen molar-refractivity contribution in [2.24, 2.45) is 0 Å². The number of carbonyl (C=O) groups excluding carboxylic acids is 1. The Labute approximate surface area is 94.0 Å². The molecule has 0 heterocycles. The molecule has 0 atom stereocenters. The molecular weight excluding hydrogens is 212 g/mol. The van der Waals surface area contributed by atoms with Crippen LogP contribution in [0.2, 0.25) is 0 Å². The molecule has 0 saturated heterocycles. The van der Waals surface area contributed by atoms with E-state index < -0.39 is 17.5 Å². The Morgan fingerprint density at radius 2 is 1.94 bits per heavy atom. The predicted molar refractivity (Wildman–Crippen MR) is 61.1 cm³/mol. The molecule has 0 saturated carbocycles. The van der Waals surface area contributed by atoms with Crippen molar-refractivity contribution in [2.45, 2.75) is 20.8 Å². The fourth-order valence-corrected chi connectivity index (χ4v) is 0.917. The molecule has 0 aliphatic rings. The highest BCUT2D eigenvalue weighted by atomic mass is 19.1. The van der Waals surface area contributed by atoms with Crippen LogP contribution in [0.1, 0.15) is 20.8 Å². The summed E-state index contributed by atoms with van der Waals surface area (Å²) < 4.78 is 25.4. The van der Waals surface area contributed by atoms with Gasteiger partial charge in [-0.05, 0) is 25.1 Å². The average molecular weight is 227 g/mol. The lowest BCUT2D eigenvalue weighted by molar-refractivity contribution is -0.111. The van der Waals surface area contributed by atoms with Gasteiger partial charge in [-0.1, -0.05) is 19.9 Å². The zero-order valence-electron chi connectivity index (χ0n) is 9.55. The van der Waals surface area contributed by atoms with E-state index in [0.29, 0.717) is 6.07 Å². The van der Waals surface area contributed by atoms with Gasteiger partial charge in [-0.2, -0.15) is 0 Å². The van der Waals surface area contributed by atoms with Gasteiger partial charge in [0, 0.05) is 6.07 Å². The molecule has 4 heteroatoms. The Balaban J connectivity index is 0.00000106. The Morgan fingerprint density at radius 1 is 1.31 bits per heavy atom. The van der Waals surface area contributed by atoms with E-state index in [1.807, 2.05) is 13.8 Å². The van der Waals surface area contributed by atoms with Crippen molar-refractivity contribution in [3.05, 3.63) is 42.0 Å². The number of allylic oxidation sites excluding steroid dienone is 1. The summed E-state index contributed by atoms with van der Waals surface area (Å²) in [6.45, 7) is 5.67. The van der Waals surface area contributed by atoms with Crippen LogP contribution in [-0.4, -0.2) is 5.91 Å². The van der Waals surface area contributed by atoms with Crippen molar-refractivity contribution >= 4 is 11.6 Å². The third-order valence-corrected chi connectivity index (χ3v) is 1.51. The molecule has 0 radical (unpaired) electrons. The number of hydrogen-bond acceptors (Lipinski definition) is 1. The number of rotatable bonds is 2. The molecule has 2 nitrogen and oxygen atoms in total. The highest BCUT2D eigenvalue weighted by Crippen LogP contribution is 2.14. The third kappa shape index (κ3) is 4.68. The minimum absolute atomic E-state index is 0.0329. The Kier molecular flexibility index (Phi) is 6.76. The van der Waals surface area contributed by atoms with Crippen molar-refractivity contribution in [1.82, 2.24) is 0 Å². The summed E-state index contributed by atoms with van der Waals surface area (Å²) in [5.41, 5.74) is -0.0329. The Bertz CT molecular complexity index is 375. The average Bonchev–Trinajstić information content (AvgIpc) is 2.26. The van der Waals surface area contributed by atoms with E-state index in [1.54, 1.807) is 6.92 Å². The Hall–Kier alpha value is -1.71. The minimum atomic E-state index is -0.789. The van der Waals surface area contributed by atoms with Gasteiger partial charge in [-0.3, -0.25) is 4.79 Å². The zero-order valence-corrected chi connectivity index (χ0v) is 9.55. The Morgan fingerprint density at radius 3 is 2.44 bits per heavy atom. The van der Waals surface area contributed by atoms with Crippen molar-refractivity contribution in [1.29, 1.82) is 0 Å². The lowest BCUT2D eigenvalue weighted by Gasteiger charge is -2.02.